The van der Waals surface area contributed by atoms with Gasteiger partial charge in [-0.3, -0.25) is 4.79 Å². The quantitative estimate of drug-likeness (QED) is 0.773. The molecule has 0 bridgehead atoms. The largest absolute Gasteiger partial charge is 0.296 e. The van der Waals surface area contributed by atoms with Crippen LogP contribution in [0.2, 0.25) is 0 Å². The molecule has 0 saturated heterocycles. The molecule has 0 fully saturated rings. The number of rotatable bonds is 4. The molecule has 0 N–H and O–H groups in total. The van der Waals surface area contributed by atoms with Crippen molar-refractivity contribution in [3.05, 3.63) is 46.8 Å². The Morgan fingerprint density at radius 3 is 2.56 bits per heavy atom. The average Bonchev–Trinajstić information content (AvgIpc) is 2.80. The fourth-order valence-corrected chi connectivity index (χ4v) is 1.68. The first-order valence-electron chi connectivity index (χ1n) is 5.88. The highest BCUT2D eigenvalue weighted by Crippen LogP contribution is 2.11. The lowest BCUT2D eigenvalue weighted by Gasteiger charge is -1.98. The molecule has 1 aromatic heterocycles. The molecule has 0 aliphatic heterocycles. The molecule has 0 radical (unpaired) electrons. The molecule has 2 rings (SSSR count). The van der Waals surface area contributed by atoms with Gasteiger partial charge in [0.2, 0.25) is 0 Å². The molecule has 0 amide bonds. The van der Waals surface area contributed by atoms with Crippen LogP contribution in [-0.2, 0) is 6.54 Å². The predicted octanol–water partition coefficient (Wildman–Crippen LogP) is 2.59. The first-order valence-corrected chi connectivity index (χ1v) is 5.88. The number of carbonyl (C=O) groups is 1. The lowest BCUT2D eigenvalue weighted by atomic mass is 10.1. The van der Waals surface area contributed by atoms with Crippen LogP contribution in [-0.4, -0.2) is 21.3 Å². The van der Waals surface area contributed by atoms with Crippen LogP contribution in [0.25, 0.3) is 12.2 Å². The minimum Gasteiger partial charge on any atom is -0.296 e. The van der Waals surface area contributed by atoms with E-state index in [0.717, 1.165) is 17.5 Å². The van der Waals surface area contributed by atoms with Crippen LogP contribution in [0.1, 0.15) is 34.2 Å². The lowest BCUT2D eigenvalue weighted by molar-refractivity contribution is 0.111. The van der Waals surface area contributed by atoms with Crippen molar-refractivity contribution in [2.75, 3.05) is 0 Å². The molecule has 18 heavy (non-hydrogen) atoms. The van der Waals surface area contributed by atoms with E-state index in [4.69, 9.17) is 0 Å². The molecule has 0 aliphatic carbocycles. The van der Waals surface area contributed by atoms with Crippen molar-refractivity contribution >= 4 is 18.4 Å². The summed E-state index contributed by atoms with van der Waals surface area (Å²) in [6.45, 7) is 4.70. The van der Waals surface area contributed by atoms with Crippen molar-refractivity contribution in [3.8, 4) is 0 Å². The second kappa shape index (κ2) is 5.40. The van der Waals surface area contributed by atoms with Crippen LogP contribution in [0, 0.1) is 6.92 Å². The van der Waals surface area contributed by atoms with Gasteiger partial charge in [-0.05, 0) is 25.5 Å². The summed E-state index contributed by atoms with van der Waals surface area (Å²) in [6.07, 6.45) is 4.56. The minimum absolute atomic E-state index is 0.375. The standard InChI is InChI=1S/C14H15N3O/c1-3-17-14(13(10-18)15-16-17)9-8-12-6-4-11(2)5-7-12/h4-10H,3H2,1-2H3/b9-8+. The highest BCUT2D eigenvalue weighted by atomic mass is 16.1. The molecule has 4 heteroatoms. The number of benzene rings is 1. The van der Waals surface area contributed by atoms with Crippen LogP contribution in [0.4, 0.5) is 0 Å². The van der Waals surface area contributed by atoms with Gasteiger partial charge in [0.1, 0.15) is 0 Å². The monoisotopic (exact) mass is 241 g/mol. The Morgan fingerprint density at radius 1 is 1.22 bits per heavy atom. The Morgan fingerprint density at radius 2 is 1.94 bits per heavy atom. The van der Waals surface area contributed by atoms with Crippen molar-refractivity contribution in [3.63, 3.8) is 0 Å². The number of hydrogen-bond donors (Lipinski definition) is 0. The zero-order valence-electron chi connectivity index (χ0n) is 10.5. The van der Waals surface area contributed by atoms with E-state index in [0.29, 0.717) is 12.2 Å². The van der Waals surface area contributed by atoms with E-state index in [9.17, 15) is 4.79 Å². The highest BCUT2D eigenvalue weighted by molar-refractivity contribution is 5.81. The van der Waals surface area contributed by atoms with Gasteiger partial charge < -0.3 is 0 Å². The Bertz CT molecular complexity index is 567. The second-order valence-corrected chi connectivity index (χ2v) is 4.04. The van der Waals surface area contributed by atoms with Gasteiger partial charge in [-0.25, -0.2) is 4.68 Å². The molecular weight excluding hydrogens is 226 g/mol. The first kappa shape index (κ1) is 12.2. The van der Waals surface area contributed by atoms with Crippen LogP contribution in [0.15, 0.2) is 24.3 Å². The molecule has 0 aliphatic rings. The SMILES string of the molecule is CCn1nnc(C=O)c1/C=C/c1ccc(C)cc1. The summed E-state index contributed by atoms with van der Waals surface area (Å²) in [7, 11) is 0. The van der Waals surface area contributed by atoms with Crippen LogP contribution >= 0.6 is 0 Å². The summed E-state index contributed by atoms with van der Waals surface area (Å²) in [5.41, 5.74) is 3.43. The summed E-state index contributed by atoms with van der Waals surface area (Å²) < 4.78 is 1.70. The molecule has 92 valence electrons. The zero-order valence-corrected chi connectivity index (χ0v) is 10.5. The third-order valence-electron chi connectivity index (χ3n) is 2.72. The van der Waals surface area contributed by atoms with Crippen LogP contribution in [0.3, 0.4) is 0 Å². The summed E-state index contributed by atoms with van der Waals surface area (Å²) in [4.78, 5) is 10.9. The maximum Gasteiger partial charge on any atom is 0.172 e. The summed E-state index contributed by atoms with van der Waals surface area (Å²) >= 11 is 0. The molecule has 1 heterocycles. The van der Waals surface area contributed by atoms with Gasteiger partial charge in [-0.1, -0.05) is 41.1 Å². The van der Waals surface area contributed by atoms with E-state index in [1.807, 2.05) is 38.1 Å². The first-order chi connectivity index (χ1) is 8.74. The van der Waals surface area contributed by atoms with Crippen LogP contribution in [0.5, 0.6) is 0 Å². The van der Waals surface area contributed by atoms with E-state index in [-0.39, 0.29) is 0 Å². The zero-order chi connectivity index (χ0) is 13.0. The summed E-state index contributed by atoms with van der Waals surface area (Å²) in [6, 6.07) is 8.17. The fraction of sp³-hybridized carbons (Fsp3) is 0.214. The Labute approximate surface area is 106 Å². The van der Waals surface area contributed by atoms with Gasteiger partial charge in [-0.15, -0.1) is 5.10 Å². The van der Waals surface area contributed by atoms with E-state index < -0.39 is 0 Å². The molecule has 1 aromatic carbocycles. The maximum atomic E-state index is 10.9. The van der Waals surface area contributed by atoms with Gasteiger partial charge in [-0.2, -0.15) is 0 Å². The van der Waals surface area contributed by atoms with Crippen molar-refractivity contribution < 1.29 is 4.79 Å². The Balaban J connectivity index is 2.30. The number of aldehydes is 1. The molecule has 2 aromatic rings. The van der Waals surface area contributed by atoms with E-state index in [2.05, 4.69) is 22.4 Å². The number of nitrogens with zero attached hydrogens (tertiary/aromatic N) is 3. The molecule has 0 saturated carbocycles. The Hall–Kier alpha value is -2.23. The number of hydrogen-bond acceptors (Lipinski definition) is 3. The van der Waals surface area contributed by atoms with Gasteiger partial charge in [0, 0.05) is 6.54 Å². The molecular formula is C14H15N3O. The van der Waals surface area contributed by atoms with Crippen molar-refractivity contribution in [2.45, 2.75) is 20.4 Å². The van der Waals surface area contributed by atoms with Crippen molar-refractivity contribution in [2.24, 2.45) is 0 Å². The third kappa shape index (κ3) is 2.53. The van der Waals surface area contributed by atoms with Crippen molar-refractivity contribution in [1.29, 1.82) is 0 Å². The molecule has 0 unspecified atom stereocenters. The highest BCUT2D eigenvalue weighted by Gasteiger charge is 2.07. The number of aromatic nitrogens is 3. The lowest BCUT2D eigenvalue weighted by Crippen LogP contribution is -1.99. The summed E-state index contributed by atoms with van der Waals surface area (Å²) in [5.74, 6) is 0. The van der Waals surface area contributed by atoms with E-state index >= 15 is 0 Å². The third-order valence-corrected chi connectivity index (χ3v) is 2.72. The van der Waals surface area contributed by atoms with E-state index in [1.54, 1.807) is 4.68 Å². The van der Waals surface area contributed by atoms with Gasteiger partial charge in [0.15, 0.2) is 12.0 Å². The minimum atomic E-state index is 0.375. The molecule has 4 nitrogen and oxygen atoms in total. The number of aryl methyl sites for hydroxylation is 2. The average molecular weight is 241 g/mol. The summed E-state index contributed by atoms with van der Waals surface area (Å²) in [5, 5.41) is 7.74. The molecule has 0 spiro atoms. The van der Waals surface area contributed by atoms with Crippen LogP contribution < -0.4 is 0 Å². The molecule has 0 atom stereocenters. The Kier molecular flexibility index (Phi) is 3.67. The van der Waals surface area contributed by atoms with Crippen molar-refractivity contribution in [1.82, 2.24) is 15.0 Å². The predicted molar refractivity (Wildman–Crippen MR) is 71.2 cm³/mol. The normalized spacial score (nSPS) is 11.0. The van der Waals surface area contributed by atoms with Gasteiger partial charge >= 0.3 is 0 Å². The topological polar surface area (TPSA) is 47.8 Å². The fourth-order valence-electron chi connectivity index (χ4n) is 1.68. The number of carbonyl (C=O) groups excluding carboxylic acids is 1. The maximum absolute atomic E-state index is 10.9. The van der Waals surface area contributed by atoms with E-state index in [1.165, 1.54) is 5.56 Å². The van der Waals surface area contributed by atoms with Gasteiger partial charge in [0.05, 0.1) is 5.69 Å². The van der Waals surface area contributed by atoms with Gasteiger partial charge in [0.25, 0.3) is 0 Å². The smallest absolute Gasteiger partial charge is 0.172 e. The second-order valence-electron chi connectivity index (χ2n) is 4.04.